The van der Waals surface area contributed by atoms with E-state index in [-0.39, 0.29) is 24.2 Å². The van der Waals surface area contributed by atoms with Gasteiger partial charge >= 0.3 is 0 Å². The smallest absolute Gasteiger partial charge is 0.217 e. The molecule has 3 rings (SSSR count). The van der Waals surface area contributed by atoms with Gasteiger partial charge in [-0.2, -0.15) is 0 Å². The largest absolute Gasteiger partial charge is 0.394 e. The monoisotopic (exact) mass is 427 g/mol. The average Bonchev–Trinajstić information content (AvgIpc) is 2.66. The van der Waals surface area contributed by atoms with E-state index in [0.29, 0.717) is 18.3 Å². The van der Waals surface area contributed by atoms with Gasteiger partial charge in [-0.1, -0.05) is 18.6 Å². The molecule has 30 heavy (non-hydrogen) atoms. The van der Waals surface area contributed by atoms with E-state index in [2.05, 4.69) is 25.2 Å². The number of hydrogen-bond acceptors (Lipinski definition) is 7. The number of aliphatic hydroxyl groups excluding tert-OH is 3. The van der Waals surface area contributed by atoms with E-state index in [1.54, 1.807) is 0 Å². The normalized spacial score (nSPS) is 42.8. The van der Waals surface area contributed by atoms with Crippen LogP contribution in [0.1, 0.15) is 53.4 Å². The molecule has 1 amide bonds. The molecule has 1 unspecified atom stereocenters. The van der Waals surface area contributed by atoms with Crippen LogP contribution in [0.2, 0.25) is 0 Å². The highest BCUT2D eigenvalue weighted by Gasteiger charge is 2.46. The van der Waals surface area contributed by atoms with E-state index in [4.69, 9.17) is 14.2 Å². The van der Waals surface area contributed by atoms with Crippen molar-refractivity contribution in [2.45, 2.75) is 102 Å². The minimum absolute atomic E-state index is 0.0466. The molecule has 0 aromatic carbocycles. The molecule has 0 saturated carbocycles. The van der Waals surface area contributed by atoms with Gasteiger partial charge in [0.05, 0.1) is 24.9 Å². The molecule has 0 bridgehead atoms. The zero-order valence-corrected chi connectivity index (χ0v) is 18.4. The van der Waals surface area contributed by atoms with E-state index < -0.39 is 37.3 Å². The quantitative estimate of drug-likeness (QED) is 0.465. The average molecular weight is 428 g/mol. The summed E-state index contributed by atoms with van der Waals surface area (Å²) in [4.78, 5) is 11.6. The molecule has 4 N–H and O–H groups in total. The maximum Gasteiger partial charge on any atom is 0.217 e. The topological polar surface area (TPSA) is 117 Å². The molecule has 0 aromatic rings. The van der Waals surface area contributed by atoms with Crippen LogP contribution in [0.5, 0.6) is 0 Å². The summed E-state index contributed by atoms with van der Waals surface area (Å²) >= 11 is 0. The minimum Gasteiger partial charge on any atom is -0.394 e. The Labute approximate surface area is 178 Å². The van der Waals surface area contributed by atoms with Crippen molar-refractivity contribution < 1.29 is 34.3 Å². The van der Waals surface area contributed by atoms with Crippen molar-refractivity contribution in [1.82, 2.24) is 5.32 Å². The molecule has 0 radical (unpaired) electrons. The van der Waals surface area contributed by atoms with E-state index in [1.807, 2.05) is 6.92 Å². The first kappa shape index (κ1) is 23.6. The van der Waals surface area contributed by atoms with Gasteiger partial charge in [-0.15, -0.1) is 0 Å². The van der Waals surface area contributed by atoms with Gasteiger partial charge in [0.15, 0.2) is 6.29 Å². The number of carbonyl (C=O) groups excluding carboxylic acids is 1. The summed E-state index contributed by atoms with van der Waals surface area (Å²) in [6.45, 7) is 7.21. The highest BCUT2D eigenvalue weighted by atomic mass is 16.7. The molecule has 2 fully saturated rings. The lowest BCUT2D eigenvalue weighted by atomic mass is 9.75. The highest BCUT2D eigenvalue weighted by Crippen LogP contribution is 2.39. The first-order chi connectivity index (χ1) is 14.2. The Morgan fingerprint density at radius 2 is 2.07 bits per heavy atom. The number of ether oxygens (including phenoxy) is 3. The number of nitrogens with one attached hydrogen (secondary N) is 1. The maximum atomic E-state index is 11.6. The Bertz CT molecular complexity index is 627. The SMILES string of the molecule is CC(=O)N[C@H]1[C@@H](OC(C)C[C@H]2C[C@H](C)[C@H]3CCC(C)=C[C@H]3O2)O[C@H](CO)[C@@H](O)[C@@H]1O. The predicted octanol–water partition coefficient (Wildman–Crippen LogP) is 0.875. The van der Waals surface area contributed by atoms with Crippen molar-refractivity contribution >= 4 is 5.91 Å². The second-order valence-electron chi connectivity index (χ2n) is 9.27. The highest BCUT2D eigenvalue weighted by molar-refractivity contribution is 5.73. The second-order valence-corrected chi connectivity index (χ2v) is 9.27. The lowest BCUT2D eigenvalue weighted by Crippen LogP contribution is -2.65. The van der Waals surface area contributed by atoms with Crippen molar-refractivity contribution in [3.8, 4) is 0 Å². The van der Waals surface area contributed by atoms with Gasteiger partial charge in [-0.05, 0) is 51.4 Å². The Kier molecular flexibility index (Phi) is 7.92. The van der Waals surface area contributed by atoms with Crippen LogP contribution in [0.15, 0.2) is 11.6 Å². The van der Waals surface area contributed by atoms with E-state index in [0.717, 1.165) is 12.8 Å². The van der Waals surface area contributed by atoms with E-state index in [9.17, 15) is 20.1 Å². The molecular formula is C22H37NO7. The molecule has 1 aliphatic carbocycles. The van der Waals surface area contributed by atoms with Crippen molar-refractivity contribution in [1.29, 1.82) is 0 Å². The standard InChI is InChI=1S/C22H37NO7/c1-11-5-6-16-12(2)8-15(29-17(16)7-11)9-13(3)28-22-19(23-14(4)25)21(27)20(26)18(10-24)30-22/h7,12-13,15-22,24,26-27H,5-6,8-10H2,1-4H3,(H,23,25)/t12-,13?,15+,16+,17+,18+,19+,20+,21+,22-/m0/s1. The fourth-order valence-corrected chi connectivity index (χ4v) is 5.05. The van der Waals surface area contributed by atoms with Crippen LogP contribution < -0.4 is 5.32 Å². The number of hydrogen-bond donors (Lipinski definition) is 4. The molecule has 2 saturated heterocycles. The van der Waals surface area contributed by atoms with E-state index in [1.165, 1.54) is 18.9 Å². The minimum atomic E-state index is -1.32. The number of allylic oxidation sites excluding steroid dienone is 1. The summed E-state index contributed by atoms with van der Waals surface area (Å²) in [7, 11) is 0. The molecule has 0 spiro atoms. The first-order valence-electron chi connectivity index (χ1n) is 11.1. The van der Waals surface area contributed by atoms with Crippen molar-refractivity contribution in [3.05, 3.63) is 11.6 Å². The zero-order chi connectivity index (χ0) is 22.0. The van der Waals surface area contributed by atoms with Crippen LogP contribution in [-0.4, -0.2) is 76.8 Å². The fourth-order valence-electron chi connectivity index (χ4n) is 5.05. The van der Waals surface area contributed by atoms with Crippen LogP contribution in [-0.2, 0) is 19.0 Å². The maximum absolute atomic E-state index is 11.6. The number of amides is 1. The van der Waals surface area contributed by atoms with Gasteiger partial charge < -0.3 is 34.8 Å². The summed E-state index contributed by atoms with van der Waals surface area (Å²) in [5.41, 5.74) is 1.38. The first-order valence-corrected chi connectivity index (χ1v) is 11.1. The van der Waals surface area contributed by atoms with Gasteiger partial charge in [0.25, 0.3) is 0 Å². The van der Waals surface area contributed by atoms with Gasteiger partial charge in [-0.3, -0.25) is 4.79 Å². The number of carbonyl (C=O) groups is 1. The van der Waals surface area contributed by atoms with Crippen molar-refractivity contribution in [2.75, 3.05) is 6.61 Å². The molecule has 8 nitrogen and oxygen atoms in total. The molecule has 2 heterocycles. The number of rotatable bonds is 6. The zero-order valence-electron chi connectivity index (χ0n) is 18.4. The molecular weight excluding hydrogens is 390 g/mol. The summed E-state index contributed by atoms with van der Waals surface area (Å²) in [6.07, 6.45) is 1.51. The van der Waals surface area contributed by atoms with Crippen LogP contribution >= 0.6 is 0 Å². The molecule has 2 aliphatic heterocycles. The third-order valence-corrected chi connectivity index (χ3v) is 6.67. The fraction of sp³-hybridized carbons (Fsp3) is 0.864. The molecule has 10 atom stereocenters. The summed E-state index contributed by atoms with van der Waals surface area (Å²) < 4.78 is 18.1. The van der Waals surface area contributed by atoms with Crippen LogP contribution in [0, 0.1) is 11.8 Å². The van der Waals surface area contributed by atoms with Gasteiger partial charge in [0, 0.05) is 6.92 Å². The number of aliphatic hydroxyl groups is 3. The number of fused-ring (bicyclic) bond motifs is 1. The van der Waals surface area contributed by atoms with Crippen molar-refractivity contribution in [3.63, 3.8) is 0 Å². The Hall–Kier alpha value is -1.03. The third kappa shape index (κ3) is 5.41. The Balaban J connectivity index is 1.62. The summed E-state index contributed by atoms with van der Waals surface area (Å²) in [5, 5.41) is 32.6. The van der Waals surface area contributed by atoms with Gasteiger partial charge in [-0.25, -0.2) is 0 Å². The summed E-state index contributed by atoms with van der Waals surface area (Å²) in [6, 6.07) is -0.928. The third-order valence-electron chi connectivity index (χ3n) is 6.67. The Morgan fingerprint density at radius 1 is 1.33 bits per heavy atom. The molecule has 0 aromatic heterocycles. The van der Waals surface area contributed by atoms with Crippen LogP contribution in [0.4, 0.5) is 0 Å². The van der Waals surface area contributed by atoms with Gasteiger partial charge in [0.2, 0.25) is 5.91 Å². The molecule has 8 heteroatoms. The Morgan fingerprint density at radius 3 is 2.73 bits per heavy atom. The predicted molar refractivity (Wildman–Crippen MR) is 109 cm³/mol. The van der Waals surface area contributed by atoms with Gasteiger partial charge in [0.1, 0.15) is 24.4 Å². The lowest BCUT2D eigenvalue weighted by Gasteiger charge is -2.44. The van der Waals surface area contributed by atoms with Crippen LogP contribution in [0.3, 0.4) is 0 Å². The van der Waals surface area contributed by atoms with E-state index >= 15 is 0 Å². The summed E-state index contributed by atoms with van der Waals surface area (Å²) in [5.74, 6) is 0.765. The van der Waals surface area contributed by atoms with Crippen molar-refractivity contribution in [2.24, 2.45) is 11.8 Å². The molecule has 3 aliphatic rings. The van der Waals surface area contributed by atoms with Crippen LogP contribution in [0.25, 0.3) is 0 Å². The lowest BCUT2D eigenvalue weighted by molar-refractivity contribution is -0.283. The second kappa shape index (κ2) is 10.1. The molecule has 172 valence electrons.